The van der Waals surface area contributed by atoms with Crippen molar-refractivity contribution in [2.75, 3.05) is 10.0 Å². The van der Waals surface area contributed by atoms with Crippen LogP contribution in [-0.2, 0) is 5.60 Å². The van der Waals surface area contributed by atoms with Crippen LogP contribution < -0.4 is 10.0 Å². The minimum atomic E-state index is -1.27. The van der Waals surface area contributed by atoms with E-state index in [-0.39, 0.29) is 11.8 Å². The second-order valence-electron chi connectivity index (χ2n) is 6.57. The van der Waals surface area contributed by atoms with E-state index in [1.165, 1.54) is 10.8 Å². The van der Waals surface area contributed by atoms with Gasteiger partial charge in [-0.05, 0) is 25.1 Å². The summed E-state index contributed by atoms with van der Waals surface area (Å²) in [6, 6.07) is 7.41. The van der Waals surface area contributed by atoms with E-state index >= 15 is 0 Å². The van der Waals surface area contributed by atoms with Gasteiger partial charge in [0, 0.05) is 5.56 Å². The Hall–Kier alpha value is -3.27. The maximum absolute atomic E-state index is 14.3. The number of rotatable bonds is 2. The number of halogens is 1. The van der Waals surface area contributed by atoms with E-state index in [1.807, 2.05) is 24.3 Å². The fourth-order valence-corrected chi connectivity index (χ4v) is 3.13. The first-order valence-electron chi connectivity index (χ1n) is 7.96. The quantitative estimate of drug-likeness (QED) is 0.750. The Bertz CT molecular complexity index is 1040. The number of aliphatic hydroxyl groups is 1. The molecule has 2 aromatic heterocycles. The lowest BCUT2D eigenvalue weighted by Gasteiger charge is -2.35. The Balaban J connectivity index is 1.64. The summed E-state index contributed by atoms with van der Waals surface area (Å²) < 4.78 is 20.9. The average Bonchev–Trinajstić information content (AvgIpc) is 3.31. The molecule has 0 saturated carbocycles. The summed E-state index contributed by atoms with van der Waals surface area (Å²) in [7, 11) is 0. The van der Waals surface area contributed by atoms with Crippen molar-refractivity contribution >= 4 is 18.1 Å². The zero-order chi connectivity index (χ0) is 18.1. The molecule has 132 valence electrons. The average molecular weight is 355 g/mol. The van der Waals surface area contributed by atoms with Gasteiger partial charge in [-0.15, -0.1) is 0 Å². The zero-order valence-electron chi connectivity index (χ0n) is 13.9. The number of para-hydroxylation sites is 1. The van der Waals surface area contributed by atoms with Gasteiger partial charge in [-0.25, -0.2) is 20.0 Å². The van der Waals surface area contributed by atoms with E-state index in [0.29, 0.717) is 11.5 Å². The molecule has 0 radical (unpaired) electrons. The van der Waals surface area contributed by atoms with Crippen molar-refractivity contribution in [3.05, 3.63) is 48.0 Å². The molecule has 0 bridgehead atoms. The van der Waals surface area contributed by atoms with Crippen LogP contribution in [0.2, 0.25) is 0 Å². The molecule has 2 aliphatic heterocycles. The maximum atomic E-state index is 14.3. The number of nitrogens with zero attached hydrogens (tertiary/aromatic N) is 7. The Morgan fingerprint density at radius 2 is 2.08 bits per heavy atom. The molecule has 1 N–H and O–H groups in total. The fourth-order valence-electron chi connectivity index (χ4n) is 3.13. The predicted molar refractivity (Wildman–Crippen MR) is 89.3 cm³/mol. The summed E-state index contributed by atoms with van der Waals surface area (Å²) in [4.78, 5) is 12.5. The smallest absolute Gasteiger partial charge is 0.295 e. The summed E-state index contributed by atoms with van der Waals surface area (Å²) in [5, 5.41) is 17.2. The number of hydrogen-bond acceptors (Lipinski definition) is 8. The van der Waals surface area contributed by atoms with Gasteiger partial charge in [0.15, 0.2) is 12.0 Å². The lowest BCUT2D eigenvalue weighted by Crippen LogP contribution is -2.43. The highest BCUT2D eigenvalue weighted by Gasteiger charge is 2.41. The zero-order valence-corrected chi connectivity index (χ0v) is 13.9. The summed E-state index contributed by atoms with van der Waals surface area (Å²) in [6.07, 6.45) is 1.94. The molecule has 26 heavy (non-hydrogen) atoms. The summed E-state index contributed by atoms with van der Waals surface area (Å²) in [5.74, 6) is 0.737. The first-order chi connectivity index (χ1) is 12.4. The van der Waals surface area contributed by atoms with Crippen LogP contribution in [0.3, 0.4) is 0 Å². The van der Waals surface area contributed by atoms with Crippen LogP contribution in [-0.4, -0.2) is 31.1 Å². The van der Waals surface area contributed by atoms with E-state index in [2.05, 4.69) is 20.1 Å². The highest BCUT2D eigenvalue weighted by molar-refractivity contribution is 5.85. The highest BCUT2D eigenvalue weighted by atomic mass is 19.1. The van der Waals surface area contributed by atoms with Gasteiger partial charge in [-0.2, -0.15) is 9.37 Å². The van der Waals surface area contributed by atoms with Crippen molar-refractivity contribution in [1.82, 2.24) is 19.7 Å². The van der Waals surface area contributed by atoms with Crippen molar-refractivity contribution < 1.29 is 14.0 Å². The number of hydrazine groups is 1. The molecule has 0 spiro atoms. The monoisotopic (exact) mass is 355 g/mol. The molecule has 5 rings (SSSR count). The topological polar surface area (TPSA) is 95.8 Å². The number of hydrogen-bond donors (Lipinski definition) is 1. The molecule has 0 aliphatic carbocycles. The van der Waals surface area contributed by atoms with Gasteiger partial charge >= 0.3 is 0 Å². The van der Waals surface area contributed by atoms with Gasteiger partial charge in [-0.3, -0.25) is 4.57 Å². The predicted octanol–water partition coefficient (Wildman–Crippen LogP) is 1.90. The molecular formula is C16H14FN7O2. The number of benzene rings is 1. The van der Waals surface area contributed by atoms with Gasteiger partial charge in [0.2, 0.25) is 0 Å². The SMILES string of the molecule is CC(C)(O)c1nc(N2C=NC3c4ccccc4-n4c(cnc4F)N32)no1. The maximum Gasteiger partial charge on any atom is 0.295 e. The van der Waals surface area contributed by atoms with Crippen LogP contribution in [0.4, 0.5) is 16.2 Å². The Kier molecular flexibility index (Phi) is 2.82. The van der Waals surface area contributed by atoms with Crippen LogP contribution in [0, 0.1) is 6.08 Å². The first-order valence-corrected chi connectivity index (χ1v) is 7.96. The van der Waals surface area contributed by atoms with Gasteiger partial charge in [0.25, 0.3) is 17.9 Å². The Morgan fingerprint density at radius 3 is 2.85 bits per heavy atom. The largest absolute Gasteiger partial charge is 0.381 e. The molecule has 1 atom stereocenters. The Labute approximate surface area is 147 Å². The molecule has 10 heteroatoms. The van der Waals surface area contributed by atoms with Gasteiger partial charge in [0.1, 0.15) is 11.9 Å². The van der Waals surface area contributed by atoms with Crippen LogP contribution in [0.5, 0.6) is 0 Å². The summed E-state index contributed by atoms with van der Waals surface area (Å²) in [5.41, 5.74) is 0.231. The number of aliphatic imine (C=N–C) groups is 1. The van der Waals surface area contributed by atoms with Crippen LogP contribution >= 0.6 is 0 Å². The second-order valence-corrected chi connectivity index (χ2v) is 6.57. The molecule has 4 heterocycles. The van der Waals surface area contributed by atoms with Crippen molar-refractivity contribution in [3.63, 3.8) is 0 Å². The number of fused-ring (bicyclic) bond motifs is 6. The van der Waals surface area contributed by atoms with Crippen molar-refractivity contribution in [2.45, 2.75) is 25.6 Å². The van der Waals surface area contributed by atoms with Gasteiger partial charge in [-0.1, -0.05) is 18.2 Å². The number of imidazole rings is 1. The molecule has 3 aromatic rings. The van der Waals surface area contributed by atoms with Crippen molar-refractivity contribution in [3.8, 4) is 5.69 Å². The molecule has 0 amide bonds. The third kappa shape index (κ3) is 1.93. The molecule has 2 aliphatic rings. The molecule has 1 aromatic carbocycles. The molecule has 0 saturated heterocycles. The van der Waals surface area contributed by atoms with Crippen LogP contribution in [0.25, 0.3) is 5.69 Å². The number of anilines is 2. The molecular weight excluding hydrogens is 341 g/mol. The third-order valence-electron chi connectivity index (χ3n) is 4.32. The van der Waals surface area contributed by atoms with E-state index in [4.69, 9.17) is 4.52 Å². The summed E-state index contributed by atoms with van der Waals surface area (Å²) >= 11 is 0. The van der Waals surface area contributed by atoms with E-state index in [1.54, 1.807) is 30.2 Å². The minimum absolute atomic E-state index is 0.0708. The third-order valence-corrected chi connectivity index (χ3v) is 4.32. The van der Waals surface area contributed by atoms with E-state index in [9.17, 15) is 9.50 Å². The van der Waals surface area contributed by atoms with Crippen LogP contribution in [0.15, 0.2) is 40.0 Å². The second kappa shape index (κ2) is 4.88. The van der Waals surface area contributed by atoms with Crippen LogP contribution in [0.1, 0.15) is 31.5 Å². The molecule has 9 nitrogen and oxygen atoms in total. The van der Waals surface area contributed by atoms with Crippen molar-refractivity contribution in [1.29, 1.82) is 0 Å². The van der Waals surface area contributed by atoms with E-state index in [0.717, 1.165) is 5.56 Å². The van der Waals surface area contributed by atoms with E-state index < -0.39 is 17.8 Å². The molecule has 0 fully saturated rings. The fraction of sp³-hybridized carbons (Fsp3) is 0.250. The summed E-state index contributed by atoms with van der Waals surface area (Å²) in [6.45, 7) is 3.10. The molecule has 1 unspecified atom stereocenters. The Morgan fingerprint density at radius 1 is 1.27 bits per heavy atom. The number of aromatic nitrogens is 4. The van der Waals surface area contributed by atoms with Gasteiger partial charge in [0.05, 0.1) is 11.9 Å². The van der Waals surface area contributed by atoms with Crippen molar-refractivity contribution in [2.24, 2.45) is 4.99 Å². The standard InChI is InChI=1S/C16H14FN7O2/c1-16(2,25)13-20-15(21-26-13)22-8-19-12-9-5-3-4-6-10(9)23-11(24(12)22)7-18-14(23)17/h3-8,12,25H,1-2H3. The first kappa shape index (κ1) is 15.0. The lowest BCUT2D eigenvalue weighted by molar-refractivity contribution is 0.0420. The normalized spacial score (nSPS) is 18.1. The van der Waals surface area contributed by atoms with Gasteiger partial charge < -0.3 is 9.63 Å². The lowest BCUT2D eigenvalue weighted by atomic mass is 10.1. The minimum Gasteiger partial charge on any atom is -0.381 e. The highest BCUT2D eigenvalue weighted by Crippen LogP contribution is 2.43.